The van der Waals surface area contributed by atoms with Gasteiger partial charge in [0, 0.05) is 23.7 Å². The van der Waals surface area contributed by atoms with E-state index in [2.05, 4.69) is 10.2 Å². The van der Waals surface area contributed by atoms with Crippen LogP contribution >= 0.6 is 0 Å². The molecule has 7 nitrogen and oxygen atoms in total. The number of para-hydroxylation sites is 2. The van der Waals surface area contributed by atoms with E-state index in [0.29, 0.717) is 25.9 Å². The number of hydrogen-bond acceptors (Lipinski definition) is 4. The summed E-state index contributed by atoms with van der Waals surface area (Å²) in [6.45, 7) is 2.11. The number of primary amides is 1. The quantitative estimate of drug-likeness (QED) is 0.768. The largest absolute Gasteiger partial charge is 0.491 e. The molecule has 0 radical (unpaired) electrons. The number of nitrogens with zero attached hydrogens (tertiary/aromatic N) is 2. The van der Waals surface area contributed by atoms with Crippen LogP contribution in [0.2, 0.25) is 0 Å². The summed E-state index contributed by atoms with van der Waals surface area (Å²) >= 11 is 0. The van der Waals surface area contributed by atoms with Crippen molar-refractivity contribution in [3.05, 3.63) is 41.2 Å². The molecule has 1 fully saturated rings. The lowest BCUT2D eigenvalue weighted by molar-refractivity contribution is -0.118. The van der Waals surface area contributed by atoms with Crippen molar-refractivity contribution >= 4 is 17.5 Å². The summed E-state index contributed by atoms with van der Waals surface area (Å²) in [5.41, 5.74) is 6.81. The number of rotatable bonds is 1. The summed E-state index contributed by atoms with van der Waals surface area (Å²) in [7, 11) is 1.77. The van der Waals surface area contributed by atoms with Crippen LogP contribution in [-0.2, 0) is 17.6 Å². The molecule has 2 unspecified atom stereocenters. The average Bonchev–Trinajstić information content (AvgIpc) is 3.04. The van der Waals surface area contributed by atoms with Crippen LogP contribution in [0.4, 0.5) is 10.1 Å². The lowest BCUT2D eigenvalue weighted by atomic mass is 9.81. The van der Waals surface area contributed by atoms with E-state index < -0.39 is 11.6 Å². The Balaban J connectivity index is 0.000000145. The van der Waals surface area contributed by atoms with Crippen molar-refractivity contribution in [2.45, 2.75) is 44.7 Å². The van der Waals surface area contributed by atoms with Crippen LogP contribution in [0.15, 0.2) is 24.3 Å². The number of carbonyl (C=O) groups is 2. The molecule has 2 atom stereocenters. The van der Waals surface area contributed by atoms with Crippen LogP contribution in [0.25, 0.3) is 0 Å². The zero-order valence-electron chi connectivity index (χ0n) is 16.6. The number of H-pyrrole nitrogens is 1. The molecule has 29 heavy (non-hydrogen) atoms. The summed E-state index contributed by atoms with van der Waals surface area (Å²) in [4.78, 5) is 24.2. The van der Waals surface area contributed by atoms with Gasteiger partial charge in [0.05, 0.1) is 18.7 Å². The van der Waals surface area contributed by atoms with E-state index in [1.54, 1.807) is 18.9 Å². The Bertz CT molecular complexity index is 971. The Labute approximate surface area is 168 Å². The first-order valence-corrected chi connectivity index (χ1v) is 9.77. The normalized spacial score (nSPS) is 27.1. The van der Waals surface area contributed by atoms with Gasteiger partial charge in [-0.2, -0.15) is 5.10 Å². The number of fused-ring (bicyclic) bond motifs is 2. The summed E-state index contributed by atoms with van der Waals surface area (Å²) in [6, 6.07) is 7.57. The van der Waals surface area contributed by atoms with Crippen LogP contribution in [0.5, 0.6) is 5.75 Å². The first-order valence-electron chi connectivity index (χ1n) is 9.77. The molecule has 8 heteroatoms. The van der Waals surface area contributed by atoms with Gasteiger partial charge in [-0.3, -0.25) is 14.7 Å². The second kappa shape index (κ2) is 6.86. The highest BCUT2D eigenvalue weighted by atomic mass is 19.1. The summed E-state index contributed by atoms with van der Waals surface area (Å²) in [6.07, 6.45) is 3.21. The van der Waals surface area contributed by atoms with Gasteiger partial charge in [-0.25, -0.2) is 4.39 Å². The van der Waals surface area contributed by atoms with Gasteiger partial charge in [-0.05, 0) is 44.7 Å². The van der Waals surface area contributed by atoms with Gasteiger partial charge in [0.15, 0.2) is 5.69 Å². The second-order valence-electron chi connectivity index (χ2n) is 8.24. The maximum absolute atomic E-state index is 13.9. The topological polar surface area (TPSA) is 101 Å². The van der Waals surface area contributed by atoms with E-state index in [0.717, 1.165) is 35.5 Å². The zero-order chi connectivity index (χ0) is 20.8. The molecule has 1 spiro atoms. The van der Waals surface area contributed by atoms with Gasteiger partial charge >= 0.3 is 0 Å². The number of nitrogens with one attached hydrogen (secondary N) is 1. The van der Waals surface area contributed by atoms with Crippen molar-refractivity contribution in [1.82, 2.24) is 10.2 Å². The molecule has 2 amide bonds. The molecule has 1 saturated carbocycles. The standard InChI is InChI=1S/C11H14FN3O.C10H11NO2/c1-10(12)5-11(10)3-2-7-6(4-11)8(9(13)16)15-14-7;1-11-8-4-2-3-5-9(8)13-7-6-10(11)12/h2-5H2,1H3,(H2,13,16)(H,14,15);2-5H,6-7H2,1H3. The predicted octanol–water partition coefficient (Wildman–Crippen LogP) is 2.55. The maximum atomic E-state index is 13.9. The van der Waals surface area contributed by atoms with Crippen molar-refractivity contribution in [2.24, 2.45) is 11.1 Å². The first kappa shape index (κ1) is 19.4. The molecule has 1 aliphatic heterocycles. The van der Waals surface area contributed by atoms with E-state index in [9.17, 15) is 14.0 Å². The van der Waals surface area contributed by atoms with E-state index >= 15 is 0 Å². The van der Waals surface area contributed by atoms with E-state index in [-0.39, 0.29) is 17.0 Å². The average molecular weight is 400 g/mol. The van der Waals surface area contributed by atoms with E-state index in [4.69, 9.17) is 10.5 Å². The summed E-state index contributed by atoms with van der Waals surface area (Å²) in [5.74, 6) is 0.358. The molecular formula is C21H25FN4O3. The summed E-state index contributed by atoms with van der Waals surface area (Å²) < 4.78 is 19.4. The number of nitrogens with two attached hydrogens (primary N) is 1. The molecule has 2 aromatic rings. The van der Waals surface area contributed by atoms with Gasteiger partial charge in [0.2, 0.25) is 5.91 Å². The number of amides is 2. The molecule has 3 N–H and O–H groups in total. The highest BCUT2D eigenvalue weighted by Gasteiger charge is 2.66. The fourth-order valence-electron chi connectivity index (χ4n) is 4.39. The molecule has 2 aliphatic carbocycles. The minimum absolute atomic E-state index is 0.102. The fraction of sp³-hybridized carbons (Fsp3) is 0.476. The SMILES string of the molecule is CC1(F)CC12CCc1[nH]nc(C(N)=O)c1C2.CN1C(=O)CCOc2ccccc21. The van der Waals surface area contributed by atoms with Crippen LogP contribution in [0.3, 0.4) is 0 Å². The minimum atomic E-state index is -1.09. The van der Waals surface area contributed by atoms with Crippen molar-refractivity contribution in [3.63, 3.8) is 0 Å². The highest BCUT2D eigenvalue weighted by molar-refractivity contribution is 5.95. The molecule has 1 aromatic heterocycles. The van der Waals surface area contributed by atoms with Gasteiger partial charge in [-0.15, -0.1) is 0 Å². The third kappa shape index (κ3) is 3.36. The number of alkyl halides is 1. The zero-order valence-corrected chi connectivity index (χ0v) is 16.6. The Hall–Kier alpha value is -2.90. The molecule has 3 aliphatic rings. The molecule has 1 aromatic carbocycles. The number of ether oxygens (including phenoxy) is 1. The number of aryl methyl sites for hydroxylation is 1. The van der Waals surface area contributed by atoms with Crippen molar-refractivity contribution in [1.29, 1.82) is 0 Å². The number of carbonyl (C=O) groups excluding carboxylic acids is 2. The molecule has 2 heterocycles. The third-order valence-corrected chi connectivity index (χ3v) is 6.38. The number of hydrogen-bond donors (Lipinski definition) is 2. The van der Waals surface area contributed by atoms with Gasteiger partial charge in [0.1, 0.15) is 11.4 Å². The van der Waals surface area contributed by atoms with Crippen molar-refractivity contribution in [2.75, 3.05) is 18.6 Å². The first-order chi connectivity index (χ1) is 13.7. The molecule has 0 bridgehead atoms. The van der Waals surface area contributed by atoms with E-state index in [1.807, 2.05) is 24.3 Å². The van der Waals surface area contributed by atoms with Crippen LogP contribution in [0, 0.1) is 5.41 Å². The predicted molar refractivity (Wildman–Crippen MR) is 106 cm³/mol. The van der Waals surface area contributed by atoms with E-state index in [1.165, 1.54) is 0 Å². The Kier molecular flexibility index (Phi) is 4.59. The molecule has 154 valence electrons. The smallest absolute Gasteiger partial charge is 0.269 e. The highest BCUT2D eigenvalue weighted by Crippen LogP contribution is 2.65. The van der Waals surface area contributed by atoms with Gasteiger partial charge < -0.3 is 15.4 Å². The number of halogens is 1. The Morgan fingerprint density at radius 3 is 2.76 bits per heavy atom. The second-order valence-corrected chi connectivity index (χ2v) is 8.24. The number of aromatic amines is 1. The number of benzene rings is 1. The maximum Gasteiger partial charge on any atom is 0.269 e. The van der Waals surface area contributed by atoms with Gasteiger partial charge in [-0.1, -0.05) is 12.1 Å². The lowest BCUT2D eigenvalue weighted by Crippen LogP contribution is -2.24. The fourth-order valence-corrected chi connectivity index (χ4v) is 4.39. The number of anilines is 1. The van der Waals surface area contributed by atoms with Crippen molar-refractivity contribution < 1.29 is 18.7 Å². The lowest BCUT2D eigenvalue weighted by Gasteiger charge is -2.23. The van der Waals surface area contributed by atoms with Crippen LogP contribution < -0.4 is 15.4 Å². The molecular weight excluding hydrogens is 375 g/mol. The summed E-state index contributed by atoms with van der Waals surface area (Å²) in [5, 5.41) is 6.74. The minimum Gasteiger partial charge on any atom is -0.491 e. The van der Waals surface area contributed by atoms with Crippen LogP contribution in [-0.4, -0.2) is 41.3 Å². The van der Waals surface area contributed by atoms with Gasteiger partial charge in [0.25, 0.3) is 5.91 Å². The number of aromatic nitrogens is 2. The Morgan fingerprint density at radius 2 is 2.07 bits per heavy atom. The molecule has 5 rings (SSSR count). The molecule has 0 saturated heterocycles. The van der Waals surface area contributed by atoms with Crippen LogP contribution in [0.1, 0.15) is 47.9 Å². The Morgan fingerprint density at radius 1 is 1.34 bits per heavy atom. The monoisotopic (exact) mass is 400 g/mol. The third-order valence-electron chi connectivity index (χ3n) is 6.38. The van der Waals surface area contributed by atoms with Crippen molar-refractivity contribution in [3.8, 4) is 5.75 Å².